The summed E-state index contributed by atoms with van der Waals surface area (Å²) < 4.78 is 5.69. The van der Waals surface area contributed by atoms with Crippen LogP contribution >= 0.6 is 0 Å². The minimum Gasteiger partial charge on any atom is -0.507 e. The second kappa shape index (κ2) is 6.05. The van der Waals surface area contributed by atoms with Gasteiger partial charge in [0.1, 0.15) is 23.2 Å². The van der Waals surface area contributed by atoms with Crippen molar-refractivity contribution >= 4 is 11.9 Å². The second-order valence-corrected chi connectivity index (χ2v) is 5.90. The van der Waals surface area contributed by atoms with Crippen LogP contribution in [-0.4, -0.2) is 64.8 Å². The molecule has 0 saturated carbocycles. The number of ether oxygens (including phenoxy) is 1. The Morgan fingerprint density at radius 2 is 2.09 bits per heavy atom. The van der Waals surface area contributed by atoms with Crippen LogP contribution in [0.2, 0.25) is 0 Å². The van der Waals surface area contributed by atoms with Crippen LogP contribution in [0.15, 0.2) is 18.2 Å². The van der Waals surface area contributed by atoms with Gasteiger partial charge in [-0.25, -0.2) is 4.79 Å². The van der Waals surface area contributed by atoms with E-state index in [0.717, 1.165) is 0 Å². The zero-order valence-corrected chi connectivity index (χ0v) is 12.4. The van der Waals surface area contributed by atoms with Gasteiger partial charge in [-0.2, -0.15) is 0 Å². The monoisotopic (exact) mass is 321 g/mol. The van der Waals surface area contributed by atoms with Gasteiger partial charge in [0.05, 0.1) is 6.04 Å². The molecule has 124 valence electrons. The molecule has 0 unspecified atom stereocenters. The zero-order valence-electron chi connectivity index (χ0n) is 12.4. The molecule has 5 N–H and O–H groups in total. The van der Waals surface area contributed by atoms with Gasteiger partial charge in [-0.1, -0.05) is 6.07 Å². The number of rotatable bonds is 5. The summed E-state index contributed by atoms with van der Waals surface area (Å²) in [5, 5.41) is 21.9. The molecule has 2 fully saturated rings. The first-order valence-electron chi connectivity index (χ1n) is 7.44. The van der Waals surface area contributed by atoms with Crippen molar-refractivity contribution in [3.8, 4) is 11.5 Å². The van der Waals surface area contributed by atoms with Gasteiger partial charge in [-0.05, 0) is 18.6 Å². The number of carboxylic acids is 1. The molecule has 2 aliphatic rings. The number of phenols is 1. The summed E-state index contributed by atoms with van der Waals surface area (Å²) in [7, 11) is 0. The lowest BCUT2D eigenvalue weighted by atomic mass is 10.0. The van der Waals surface area contributed by atoms with Crippen molar-refractivity contribution in [1.82, 2.24) is 10.2 Å². The number of likely N-dealkylation sites (tertiary alicyclic amines) is 1. The third kappa shape index (κ3) is 3.08. The average Bonchev–Trinajstić information content (AvgIpc) is 2.91. The van der Waals surface area contributed by atoms with E-state index >= 15 is 0 Å². The van der Waals surface area contributed by atoms with E-state index in [0.29, 0.717) is 26.1 Å². The Bertz CT molecular complexity index is 630. The number of benzene rings is 1. The molecule has 2 saturated heterocycles. The molecule has 1 aromatic rings. The van der Waals surface area contributed by atoms with Gasteiger partial charge >= 0.3 is 5.97 Å². The lowest BCUT2D eigenvalue weighted by molar-refractivity contribution is -0.119. The highest BCUT2D eigenvalue weighted by molar-refractivity contribution is 5.94. The fourth-order valence-corrected chi connectivity index (χ4v) is 3.07. The Hall–Kier alpha value is -2.32. The molecule has 23 heavy (non-hydrogen) atoms. The van der Waals surface area contributed by atoms with E-state index in [1.807, 2.05) is 0 Å². The number of hydrogen-bond acceptors (Lipinski definition) is 6. The topological polar surface area (TPSA) is 125 Å². The number of carboxylic acid groups (broad SMARTS) is 1. The first-order chi connectivity index (χ1) is 11.0. The van der Waals surface area contributed by atoms with E-state index in [1.165, 1.54) is 12.1 Å². The third-order valence-electron chi connectivity index (χ3n) is 4.36. The van der Waals surface area contributed by atoms with Crippen LogP contribution in [0.1, 0.15) is 16.8 Å². The van der Waals surface area contributed by atoms with Crippen LogP contribution in [0.4, 0.5) is 0 Å². The molecular weight excluding hydrogens is 302 g/mol. The van der Waals surface area contributed by atoms with Crippen molar-refractivity contribution in [2.75, 3.05) is 19.6 Å². The first-order valence-corrected chi connectivity index (χ1v) is 7.44. The quantitative estimate of drug-likeness (QED) is 0.569. The lowest BCUT2D eigenvalue weighted by Crippen LogP contribution is -2.58. The van der Waals surface area contributed by atoms with Crippen LogP contribution in [0, 0.1) is 0 Å². The molecule has 1 aromatic carbocycles. The van der Waals surface area contributed by atoms with E-state index in [-0.39, 0.29) is 41.2 Å². The maximum Gasteiger partial charge on any atom is 0.343 e. The van der Waals surface area contributed by atoms with Crippen LogP contribution in [-0.2, 0) is 4.79 Å². The van der Waals surface area contributed by atoms with Crippen LogP contribution in [0.3, 0.4) is 0 Å². The number of aromatic carboxylic acids is 1. The van der Waals surface area contributed by atoms with Gasteiger partial charge in [-0.3, -0.25) is 9.69 Å². The van der Waals surface area contributed by atoms with Gasteiger partial charge in [0.2, 0.25) is 5.91 Å². The Balaban J connectivity index is 1.56. The Morgan fingerprint density at radius 1 is 1.35 bits per heavy atom. The van der Waals surface area contributed by atoms with Crippen molar-refractivity contribution in [2.45, 2.75) is 24.6 Å². The largest absolute Gasteiger partial charge is 0.507 e. The summed E-state index contributed by atoms with van der Waals surface area (Å²) in [6.45, 7) is 1.99. The molecule has 0 aliphatic carbocycles. The number of amides is 1. The number of primary amides is 1. The molecule has 2 aliphatic heterocycles. The first kappa shape index (κ1) is 15.6. The van der Waals surface area contributed by atoms with Gasteiger partial charge < -0.3 is 26.0 Å². The molecule has 2 heterocycles. The van der Waals surface area contributed by atoms with Crippen molar-refractivity contribution in [1.29, 1.82) is 0 Å². The minimum atomic E-state index is -1.22. The third-order valence-corrected chi connectivity index (χ3v) is 4.36. The highest BCUT2D eigenvalue weighted by Crippen LogP contribution is 2.30. The van der Waals surface area contributed by atoms with Crippen LogP contribution in [0.25, 0.3) is 0 Å². The number of nitrogens with two attached hydrogens (primary N) is 1. The predicted octanol–water partition coefficient (Wildman–Crippen LogP) is -0.631. The molecule has 0 radical (unpaired) electrons. The van der Waals surface area contributed by atoms with Crippen LogP contribution in [0.5, 0.6) is 11.5 Å². The van der Waals surface area contributed by atoms with Gasteiger partial charge in [0, 0.05) is 25.7 Å². The Kier molecular flexibility index (Phi) is 4.10. The molecule has 0 aromatic heterocycles. The van der Waals surface area contributed by atoms with Crippen molar-refractivity contribution in [3.05, 3.63) is 23.8 Å². The SMILES string of the molecule is NC(=O)[C@H]1C[C@H](N2CC(Oc3cccc(O)c3C(=O)O)C2)CN1. The Labute approximate surface area is 132 Å². The maximum atomic E-state index is 11.2. The molecule has 8 heteroatoms. The highest BCUT2D eigenvalue weighted by Gasteiger charge is 2.39. The number of nitrogens with one attached hydrogen (secondary N) is 1. The van der Waals surface area contributed by atoms with Gasteiger partial charge in [0.25, 0.3) is 0 Å². The molecule has 0 spiro atoms. The minimum absolute atomic E-state index is 0.137. The van der Waals surface area contributed by atoms with Gasteiger partial charge in [0.15, 0.2) is 0 Å². The highest BCUT2D eigenvalue weighted by atomic mass is 16.5. The summed E-state index contributed by atoms with van der Waals surface area (Å²) in [6, 6.07) is 4.34. The van der Waals surface area contributed by atoms with Crippen molar-refractivity contribution in [3.63, 3.8) is 0 Å². The Morgan fingerprint density at radius 3 is 2.70 bits per heavy atom. The van der Waals surface area contributed by atoms with Crippen molar-refractivity contribution in [2.24, 2.45) is 5.73 Å². The zero-order chi connectivity index (χ0) is 16.6. The number of carbonyl (C=O) groups excluding carboxylic acids is 1. The van der Waals surface area contributed by atoms with E-state index in [4.69, 9.17) is 15.6 Å². The number of carbonyl (C=O) groups is 2. The summed E-state index contributed by atoms with van der Waals surface area (Å²) in [4.78, 5) is 24.5. The molecule has 1 amide bonds. The smallest absolute Gasteiger partial charge is 0.343 e. The molecule has 2 atom stereocenters. The van der Waals surface area contributed by atoms with Crippen LogP contribution < -0.4 is 15.8 Å². The standard InChI is InChI=1S/C15H19N3O5/c16-14(20)10-4-8(5-17-10)18-6-9(7-18)23-12-3-1-2-11(19)13(12)15(21)22/h1-3,8-10,17,19H,4-7H2,(H2,16,20)(H,21,22)/t8-,10+/m0/s1. The summed E-state index contributed by atoms with van der Waals surface area (Å²) in [5.74, 6) is -1.71. The number of nitrogens with zero attached hydrogens (tertiary/aromatic N) is 1. The van der Waals surface area contributed by atoms with E-state index < -0.39 is 5.97 Å². The summed E-state index contributed by atoms with van der Waals surface area (Å²) >= 11 is 0. The predicted molar refractivity (Wildman–Crippen MR) is 80.4 cm³/mol. The number of aromatic hydroxyl groups is 1. The van der Waals surface area contributed by atoms with Gasteiger partial charge in [-0.15, -0.1) is 0 Å². The van der Waals surface area contributed by atoms with E-state index in [9.17, 15) is 14.7 Å². The van der Waals surface area contributed by atoms with E-state index in [2.05, 4.69) is 10.2 Å². The van der Waals surface area contributed by atoms with E-state index in [1.54, 1.807) is 6.07 Å². The second-order valence-electron chi connectivity index (χ2n) is 5.90. The fraction of sp³-hybridized carbons (Fsp3) is 0.467. The fourth-order valence-electron chi connectivity index (χ4n) is 3.07. The lowest BCUT2D eigenvalue weighted by Gasteiger charge is -2.42. The molecular formula is C15H19N3O5. The molecule has 0 bridgehead atoms. The van der Waals surface area contributed by atoms with Crippen molar-refractivity contribution < 1.29 is 24.5 Å². The molecule has 8 nitrogen and oxygen atoms in total. The molecule has 3 rings (SSSR count). The number of hydrogen-bond donors (Lipinski definition) is 4. The maximum absolute atomic E-state index is 11.2. The normalized spacial score (nSPS) is 25.0. The summed E-state index contributed by atoms with van der Waals surface area (Å²) in [6.07, 6.45) is 0.539. The summed E-state index contributed by atoms with van der Waals surface area (Å²) in [5.41, 5.74) is 5.06. The average molecular weight is 321 g/mol.